The van der Waals surface area contributed by atoms with Crippen LogP contribution in [0.3, 0.4) is 0 Å². The molecule has 0 saturated heterocycles. The van der Waals surface area contributed by atoms with Crippen molar-refractivity contribution in [2.24, 2.45) is 4.99 Å². The molecule has 0 bridgehead atoms. The summed E-state index contributed by atoms with van der Waals surface area (Å²) in [5, 5.41) is 3.88. The van der Waals surface area contributed by atoms with Crippen LogP contribution in [0, 0.1) is 0 Å². The van der Waals surface area contributed by atoms with Crippen LogP contribution in [0.25, 0.3) is 0 Å². The average Bonchev–Trinajstić information content (AvgIpc) is 2.12. The van der Waals surface area contributed by atoms with Crippen LogP contribution < -0.4 is 0 Å². The first-order valence-electron chi connectivity index (χ1n) is 4.41. The normalized spacial score (nSPS) is 12.0. The molecule has 0 rings (SSSR count). The van der Waals surface area contributed by atoms with Gasteiger partial charge in [-0.1, -0.05) is 18.2 Å². The molecule has 0 radical (unpaired) electrons. The highest BCUT2D eigenvalue weighted by Crippen LogP contribution is 1.88. The Hall–Kier alpha value is -1.25. The van der Waals surface area contributed by atoms with Crippen LogP contribution in [0.1, 0.15) is 13.8 Å². The Labute approximate surface area is 81.0 Å². The first-order chi connectivity index (χ1) is 6.22. The zero-order valence-electron chi connectivity index (χ0n) is 8.94. The first-order valence-corrected chi connectivity index (χ1v) is 4.41. The van der Waals surface area contributed by atoms with Crippen molar-refractivity contribution in [3.8, 4) is 0 Å². The minimum atomic E-state index is 0.741. The number of nitrogens with zero attached hydrogens (tertiary/aromatic N) is 3. The van der Waals surface area contributed by atoms with Crippen LogP contribution in [0.2, 0.25) is 0 Å². The lowest BCUT2D eigenvalue weighted by Crippen LogP contribution is -2.30. The van der Waals surface area contributed by atoms with Gasteiger partial charge in [0.15, 0.2) is 0 Å². The summed E-state index contributed by atoms with van der Waals surface area (Å²) in [7, 11) is 3.93. The van der Waals surface area contributed by atoms with E-state index in [0.717, 1.165) is 6.54 Å². The standard InChI is InChI=1S/C10H19N3/c1-5-7-8-11-10-13(4)12(3)9-6-2/h5-7,9-10H,8H2,1-4H3/b7-5-,9-6-,11-10?. The number of rotatable bonds is 5. The summed E-state index contributed by atoms with van der Waals surface area (Å²) in [5.41, 5.74) is 0. The SMILES string of the molecule is C/C=C\CN=CN(C)N(C)/C=C\C. The van der Waals surface area contributed by atoms with E-state index in [0.29, 0.717) is 0 Å². The quantitative estimate of drug-likeness (QED) is 0.279. The molecular weight excluding hydrogens is 162 g/mol. The molecule has 0 unspecified atom stereocenters. The lowest BCUT2D eigenvalue weighted by molar-refractivity contribution is 0.182. The Morgan fingerprint density at radius 1 is 1.08 bits per heavy atom. The lowest BCUT2D eigenvalue weighted by atomic mass is 10.5. The maximum atomic E-state index is 4.20. The van der Waals surface area contributed by atoms with Crippen molar-refractivity contribution >= 4 is 6.34 Å². The van der Waals surface area contributed by atoms with Gasteiger partial charge >= 0.3 is 0 Å². The van der Waals surface area contributed by atoms with E-state index in [4.69, 9.17) is 0 Å². The van der Waals surface area contributed by atoms with E-state index >= 15 is 0 Å². The van der Waals surface area contributed by atoms with Gasteiger partial charge < -0.3 is 0 Å². The third-order valence-electron chi connectivity index (χ3n) is 1.56. The molecule has 0 aliphatic heterocycles. The molecule has 3 nitrogen and oxygen atoms in total. The molecule has 0 aliphatic rings. The van der Waals surface area contributed by atoms with E-state index in [9.17, 15) is 0 Å². The monoisotopic (exact) mass is 181 g/mol. The van der Waals surface area contributed by atoms with E-state index in [1.807, 2.05) is 62.4 Å². The molecule has 0 N–H and O–H groups in total. The predicted octanol–water partition coefficient (Wildman–Crippen LogP) is 1.90. The third kappa shape index (κ3) is 5.96. The van der Waals surface area contributed by atoms with Gasteiger partial charge in [-0.05, 0) is 13.8 Å². The molecule has 3 heteroatoms. The summed E-state index contributed by atoms with van der Waals surface area (Å²) in [5.74, 6) is 0. The fourth-order valence-electron chi connectivity index (χ4n) is 0.734. The van der Waals surface area contributed by atoms with Crippen molar-refractivity contribution in [2.75, 3.05) is 20.6 Å². The zero-order chi connectivity index (χ0) is 10.1. The molecule has 0 heterocycles. The first kappa shape index (κ1) is 11.8. The van der Waals surface area contributed by atoms with E-state index in [2.05, 4.69) is 4.99 Å². The minimum Gasteiger partial charge on any atom is -0.295 e. The minimum absolute atomic E-state index is 0.741. The Morgan fingerprint density at radius 3 is 2.31 bits per heavy atom. The third-order valence-corrected chi connectivity index (χ3v) is 1.56. The largest absolute Gasteiger partial charge is 0.295 e. The second-order valence-corrected chi connectivity index (χ2v) is 2.68. The van der Waals surface area contributed by atoms with E-state index in [-0.39, 0.29) is 0 Å². The highest BCUT2D eigenvalue weighted by Gasteiger charge is 1.92. The molecule has 0 aromatic rings. The molecule has 74 valence electrons. The molecule has 0 spiro atoms. The van der Waals surface area contributed by atoms with Gasteiger partial charge in [-0.15, -0.1) is 0 Å². The molecule has 0 atom stereocenters. The molecule has 0 saturated carbocycles. The van der Waals surface area contributed by atoms with Gasteiger partial charge in [0.1, 0.15) is 6.34 Å². The van der Waals surface area contributed by atoms with Crippen molar-refractivity contribution in [3.05, 3.63) is 24.4 Å². The molecule has 0 aromatic heterocycles. The van der Waals surface area contributed by atoms with Gasteiger partial charge in [0.25, 0.3) is 0 Å². The van der Waals surface area contributed by atoms with Crippen LogP contribution >= 0.6 is 0 Å². The molecule has 0 fully saturated rings. The number of hydrogen-bond donors (Lipinski definition) is 0. The maximum absolute atomic E-state index is 4.20. The van der Waals surface area contributed by atoms with Crippen LogP contribution in [0.4, 0.5) is 0 Å². The zero-order valence-corrected chi connectivity index (χ0v) is 8.94. The average molecular weight is 181 g/mol. The maximum Gasteiger partial charge on any atom is 0.104 e. The predicted molar refractivity (Wildman–Crippen MR) is 58.5 cm³/mol. The van der Waals surface area contributed by atoms with E-state index < -0.39 is 0 Å². The van der Waals surface area contributed by atoms with Gasteiger partial charge in [0.05, 0.1) is 6.54 Å². The van der Waals surface area contributed by atoms with Crippen LogP contribution in [0.15, 0.2) is 29.4 Å². The molecule has 0 aromatic carbocycles. The van der Waals surface area contributed by atoms with Gasteiger partial charge in [0.2, 0.25) is 0 Å². The number of allylic oxidation sites excluding steroid dienone is 2. The van der Waals surface area contributed by atoms with Gasteiger partial charge in [0, 0.05) is 20.3 Å². The topological polar surface area (TPSA) is 18.8 Å². The van der Waals surface area contributed by atoms with Crippen LogP contribution in [0.5, 0.6) is 0 Å². The van der Waals surface area contributed by atoms with Crippen LogP contribution in [-0.2, 0) is 0 Å². The fourth-order valence-corrected chi connectivity index (χ4v) is 0.734. The number of aliphatic imine (C=N–C) groups is 1. The van der Waals surface area contributed by atoms with Crippen molar-refractivity contribution in [2.45, 2.75) is 13.8 Å². The molecular formula is C10H19N3. The van der Waals surface area contributed by atoms with Crippen LogP contribution in [-0.4, -0.2) is 37.0 Å². The fraction of sp³-hybridized carbons (Fsp3) is 0.500. The summed E-state index contributed by atoms with van der Waals surface area (Å²) in [4.78, 5) is 4.20. The summed E-state index contributed by atoms with van der Waals surface area (Å²) in [6.45, 7) is 4.72. The summed E-state index contributed by atoms with van der Waals surface area (Å²) < 4.78 is 0. The Balaban J connectivity index is 3.83. The van der Waals surface area contributed by atoms with Crippen molar-refractivity contribution < 1.29 is 0 Å². The van der Waals surface area contributed by atoms with Gasteiger partial charge in [-0.25, -0.2) is 0 Å². The summed E-state index contributed by atoms with van der Waals surface area (Å²) in [6, 6.07) is 0. The number of hydrogen-bond acceptors (Lipinski definition) is 2. The van der Waals surface area contributed by atoms with Crippen molar-refractivity contribution in [1.29, 1.82) is 0 Å². The Bertz CT molecular complexity index is 194. The summed E-state index contributed by atoms with van der Waals surface area (Å²) in [6.07, 6.45) is 9.77. The van der Waals surface area contributed by atoms with Crippen molar-refractivity contribution in [1.82, 2.24) is 10.0 Å². The smallest absolute Gasteiger partial charge is 0.104 e. The molecule has 0 aliphatic carbocycles. The highest BCUT2D eigenvalue weighted by molar-refractivity contribution is 5.53. The van der Waals surface area contributed by atoms with Gasteiger partial charge in [-0.2, -0.15) is 0 Å². The Morgan fingerprint density at radius 2 is 1.77 bits per heavy atom. The number of hydrazine groups is 1. The molecule has 13 heavy (non-hydrogen) atoms. The van der Waals surface area contributed by atoms with E-state index in [1.165, 1.54) is 0 Å². The molecule has 0 amide bonds. The summed E-state index contributed by atoms with van der Waals surface area (Å²) >= 11 is 0. The second kappa shape index (κ2) is 7.40. The second-order valence-electron chi connectivity index (χ2n) is 2.68. The highest BCUT2D eigenvalue weighted by atomic mass is 15.6. The van der Waals surface area contributed by atoms with Gasteiger partial charge in [-0.3, -0.25) is 15.0 Å². The van der Waals surface area contributed by atoms with E-state index in [1.54, 1.807) is 6.34 Å². The lowest BCUT2D eigenvalue weighted by Gasteiger charge is -2.23. The Kier molecular flexibility index (Phi) is 6.69. The van der Waals surface area contributed by atoms with Crippen molar-refractivity contribution in [3.63, 3.8) is 0 Å².